The van der Waals surface area contributed by atoms with Gasteiger partial charge in [0.25, 0.3) is 0 Å². The van der Waals surface area contributed by atoms with E-state index in [0.717, 1.165) is 23.4 Å². The average molecular weight is 399 g/mol. The standard InChI is InChI=1S/C16H15ClN2O6S/c1-19(26(2,23)24)11-7-9(17)5-6-10(11)14(20)12-13(16(21)22)18-25-15(12)8-3-4-8/h5-8H,3-4H2,1-2H3,(H,21,22). The molecule has 1 saturated carbocycles. The average Bonchev–Trinajstić information content (AvgIpc) is 3.30. The third-order valence-corrected chi connectivity index (χ3v) is 5.56. The number of hydrogen-bond acceptors (Lipinski definition) is 6. The molecule has 0 radical (unpaired) electrons. The monoisotopic (exact) mass is 398 g/mol. The van der Waals surface area contributed by atoms with E-state index in [2.05, 4.69) is 5.16 Å². The van der Waals surface area contributed by atoms with E-state index >= 15 is 0 Å². The number of carboxylic acids is 1. The van der Waals surface area contributed by atoms with Crippen molar-refractivity contribution in [2.45, 2.75) is 18.8 Å². The fourth-order valence-corrected chi connectivity index (χ4v) is 3.24. The predicted molar refractivity (Wildman–Crippen MR) is 93.6 cm³/mol. The molecule has 3 rings (SSSR count). The number of rotatable bonds is 6. The molecule has 0 atom stereocenters. The summed E-state index contributed by atoms with van der Waals surface area (Å²) in [5.41, 5.74) is -0.593. The zero-order valence-corrected chi connectivity index (χ0v) is 15.5. The minimum absolute atomic E-state index is 0.00470. The molecular weight excluding hydrogens is 384 g/mol. The lowest BCUT2D eigenvalue weighted by Crippen LogP contribution is -2.27. The van der Waals surface area contributed by atoms with Crippen LogP contribution in [-0.4, -0.2) is 43.7 Å². The van der Waals surface area contributed by atoms with Crippen LogP contribution in [0.3, 0.4) is 0 Å². The lowest BCUT2D eigenvalue weighted by atomic mass is 9.98. The molecule has 1 aliphatic carbocycles. The number of sulfonamides is 1. The number of hydrogen-bond donors (Lipinski definition) is 1. The Morgan fingerprint density at radius 3 is 2.54 bits per heavy atom. The summed E-state index contributed by atoms with van der Waals surface area (Å²) in [6.45, 7) is 0. The molecule has 138 valence electrons. The zero-order valence-electron chi connectivity index (χ0n) is 13.9. The molecule has 0 unspecified atom stereocenters. The number of carbonyl (C=O) groups is 2. The van der Waals surface area contributed by atoms with Crippen molar-refractivity contribution in [1.29, 1.82) is 0 Å². The molecule has 10 heteroatoms. The van der Waals surface area contributed by atoms with Crippen LogP contribution in [0, 0.1) is 0 Å². The number of aromatic carboxylic acids is 1. The minimum Gasteiger partial charge on any atom is -0.476 e. The Labute approximate surface area is 154 Å². The van der Waals surface area contributed by atoms with E-state index in [4.69, 9.17) is 16.1 Å². The summed E-state index contributed by atoms with van der Waals surface area (Å²) in [5, 5.41) is 13.1. The maximum atomic E-state index is 13.1. The normalized spacial score (nSPS) is 14.3. The fourth-order valence-electron chi connectivity index (χ4n) is 2.56. The molecule has 1 heterocycles. The molecule has 1 aromatic heterocycles. The van der Waals surface area contributed by atoms with Crippen LogP contribution in [0.1, 0.15) is 50.9 Å². The van der Waals surface area contributed by atoms with Gasteiger partial charge < -0.3 is 9.63 Å². The van der Waals surface area contributed by atoms with Gasteiger partial charge in [0.15, 0.2) is 5.76 Å². The van der Waals surface area contributed by atoms with Crippen LogP contribution in [0.4, 0.5) is 5.69 Å². The molecule has 1 aromatic carbocycles. The highest BCUT2D eigenvalue weighted by molar-refractivity contribution is 7.92. The molecular formula is C16H15ClN2O6S. The van der Waals surface area contributed by atoms with Gasteiger partial charge in [0, 0.05) is 23.6 Å². The van der Waals surface area contributed by atoms with Crippen molar-refractivity contribution in [2.75, 3.05) is 17.6 Å². The van der Waals surface area contributed by atoms with Gasteiger partial charge in [0.1, 0.15) is 5.56 Å². The Balaban J connectivity index is 2.18. The third-order valence-electron chi connectivity index (χ3n) is 4.14. The first-order valence-electron chi connectivity index (χ1n) is 7.62. The van der Waals surface area contributed by atoms with Crippen LogP contribution in [0.5, 0.6) is 0 Å². The maximum absolute atomic E-state index is 13.1. The maximum Gasteiger partial charge on any atom is 0.358 e. The quantitative estimate of drug-likeness (QED) is 0.742. The summed E-state index contributed by atoms with van der Waals surface area (Å²) >= 11 is 5.96. The van der Waals surface area contributed by atoms with E-state index < -0.39 is 27.5 Å². The van der Waals surface area contributed by atoms with E-state index in [-0.39, 0.29) is 33.5 Å². The number of ketones is 1. The summed E-state index contributed by atoms with van der Waals surface area (Å²) < 4.78 is 29.8. The van der Waals surface area contributed by atoms with Gasteiger partial charge in [-0.2, -0.15) is 0 Å². The van der Waals surface area contributed by atoms with Gasteiger partial charge in [-0.3, -0.25) is 9.10 Å². The minimum atomic E-state index is -3.67. The molecule has 8 nitrogen and oxygen atoms in total. The number of anilines is 1. The topological polar surface area (TPSA) is 118 Å². The van der Waals surface area contributed by atoms with E-state index in [1.165, 1.54) is 25.2 Å². The smallest absolute Gasteiger partial charge is 0.358 e. The van der Waals surface area contributed by atoms with Crippen molar-refractivity contribution in [3.05, 3.63) is 45.8 Å². The van der Waals surface area contributed by atoms with Crippen LogP contribution in [0.2, 0.25) is 5.02 Å². The first-order valence-corrected chi connectivity index (χ1v) is 9.85. The first-order chi connectivity index (χ1) is 12.1. The van der Waals surface area contributed by atoms with Gasteiger partial charge in [-0.15, -0.1) is 0 Å². The fraction of sp³-hybridized carbons (Fsp3) is 0.312. The molecule has 26 heavy (non-hydrogen) atoms. The molecule has 0 spiro atoms. The van der Waals surface area contributed by atoms with Gasteiger partial charge in [-0.25, -0.2) is 13.2 Å². The van der Waals surface area contributed by atoms with Crippen molar-refractivity contribution >= 4 is 39.1 Å². The zero-order chi connectivity index (χ0) is 19.2. The molecule has 2 aromatic rings. The highest BCUT2D eigenvalue weighted by Crippen LogP contribution is 2.43. The highest BCUT2D eigenvalue weighted by Gasteiger charge is 2.38. The van der Waals surface area contributed by atoms with E-state index in [9.17, 15) is 23.1 Å². The van der Waals surface area contributed by atoms with Crippen LogP contribution in [0.15, 0.2) is 22.7 Å². The van der Waals surface area contributed by atoms with Gasteiger partial charge in [-0.1, -0.05) is 16.8 Å². The summed E-state index contributed by atoms with van der Waals surface area (Å²) in [7, 11) is -2.39. The van der Waals surface area contributed by atoms with Crippen LogP contribution in [-0.2, 0) is 10.0 Å². The highest BCUT2D eigenvalue weighted by atomic mass is 35.5. The van der Waals surface area contributed by atoms with Crippen molar-refractivity contribution < 1.29 is 27.6 Å². The Kier molecular flexibility index (Phi) is 4.53. The predicted octanol–water partition coefficient (Wildman–Crippen LogP) is 2.53. The van der Waals surface area contributed by atoms with Gasteiger partial charge in [-0.05, 0) is 31.0 Å². The van der Waals surface area contributed by atoms with Crippen LogP contribution >= 0.6 is 11.6 Å². The largest absolute Gasteiger partial charge is 0.476 e. The number of aromatic nitrogens is 1. The lowest BCUT2D eigenvalue weighted by molar-refractivity contribution is 0.0682. The van der Waals surface area contributed by atoms with E-state index in [0.29, 0.717) is 0 Å². The summed E-state index contributed by atoms with van der Waals surface area (Å²) in [6, 6.07) is 4.12. The first kappa shape index (κ1) is 18.4. The number of benzene rings is 1. The lowest BCUT2D eigenvalue weighted by Gasteiger charge is -2.20. The van der Waals surface area contributed by atoms with Gasteiger partial charge in [0.2, 0.25) is 21.5 Å². The summed E-state index contributed by atoms with van der Waals surface area (Å²) in [4.78, 5) is 24.6. The van der Waals surface area contributed by atoms with E-state index in [1.807, 2.05) is 0 Å². The van der Waals surface area contributed by atoms with E-state index in [1.54, 1.807) is 0 Å². The molecule has 1 fully saturated rings. The van der Waals surface area contributed by atoms with Crippen molar-refractivity contribution in [3.8, 4) is 0 Å². The van der Waals surface area contributed by atoms with Gasteiger partial charge >= 0.3 is 5.97 Å². The Morgan fingerprint density at radius 2 is 2.00 bits per heavy atom. The van der Waals surface area contributed by atoms with Gasteiger partial charge in [0.05, 0.1) is 11.9 Å². The summed E-state index contributed by atoms with van der Waals surface area (Å²) in [5.74, 6) is -1.91. The second kappa shape index (κ2) is 6.40. The SMILES string of the molecule is CN(c1cc(Cl)ccc1C(=O)c1c(C(=O)O)noc1C1CC1)S(C)(=O)=O. The molecule has 1 aliphatic rings. The molecule has 0 aliphatic heterocycles. The Hall–Kier alpha value is -2.39. The van der Waals surface area contributed by atoms with Crippen molar-refractivity contribution in [1.82, 2.24) is 5.16 Å². The number of halogens is 1. The van der Waals surface area contributed by atoms with Crippen LogP contribution < -0.4 is 4.31 Å². The van der Waals surface area contributed by atoms with Crippen LogP contribution in [0.25, 0.3) is 0 Å². The number of carboxylic acid groups (broad SMARTS) is 1. The van der Waals surface area contributed by atoms with Crippen molar-refractivity contribution in [2.24, 2.45) is 0 Å². The molecule has 1 N–H and O–H groups in total. The molecule has 0 bridgehead atoms. The Morgan fingerprint density at radius 1 is 1.35 bits per heavy atom. The molecule has 0 saturated heterocycles. The molecule has 0 amide bonds. The Bertz CT molecular complexity index is 1010. The summed E-state index contributed by atoms with van der Waals surface area (Å²) in [6.07, 6.45) is 2.52. The number of carbonyl (C=O) groups excluding carboxylic acids is 1. The second-order valence-electron chi connectivity index (χ2n) is 6.07. The van der Waals surface area contributed by atoms with Crippen molar-refractivity contribution in [3.63, 3.8) is 0 Å². The second-order valence-corrected chi connectivity index (χ2v) is 8.52. The third kappa shape index (κ3) is 3.32. The number of nitrogens with zero attached hydrogens (tertiary/aromatic N) is 2.